The van der Waals surface area contributed by atoms with E-state index in [1.165, 1.54) is 88.6 Å². The van der Waals surface area contributed by atoms with Crippen LogP contribution in [-0.2, 0) is 27.1 Å². The second kappa shape index (κ2) is 19.1. The van der Waals surface area contributed by atoms with Crippen molar-refractivity contribution in [1.29, 1.82) is 0 Å². The number of nitrogens with zero attached hydrogens (tertiary/aromatic N) is 3. The minimum atomic E-state index is -0.398. The lowest BCUT2D eigenvalue weighted by molar-refractivity contribution is 0.590. The predicted molar refractivity (Wildman–Crippen MR) is 363 cm³/mol. The molecule has 0 bridgehead atoms. The summed E-state index contributed by atoms with van der Waals surface area (Å²) in [5.74, 6) is 0. The summed E-state index contributed by atoms with van der Waals surface area (Å²) in [4.78, 5) is 4.82. The number of fused-ring (bicyclic) bond motifs is 12. The van der Waals surface area contributed by atoms with Gasteiger partial charge in [-0.2, -0.15) is 0 Å². The summed E-state index contributed by atoms with van der Waals surface area (Å²) >= 11 is 0. The van der Waals surface area contributed by atoms with E-state index in [-0.39, 0.29) is 21.7 Å². The highest BCUT2D eigenvalue weighted by molar-refractivity contribution is 6.30. The molecule has 0 saturated heterocycles. The van der Waals surface area contributed by atoms with Crippen molar-refractivity contribution in [3.8, 4) is 33.4 Å². The van der Waals surface area contributed by atoms with Gasteiger partial charge < -0.3 is 18.6 Å². The molecular weight excluding hydrogens is 1030 g/mol. The highest BCUT2D eigenvalue weighted by Gasteiger charge is 2.43. The van der Waals surface area contributed by atoms with Crippen LogP contribution in [0, 0.1) is 0 Å². The molecule has 1 aliphatic rings. The van der Waals surface area contributed by atoms with Crippen LogP contribution in [0.1, 0.15) is 130 Å². The predicted octanol–water partition coefficient (Wildman–Crippen LogP) is 23.4. The summed E-state index contributed by atoms with van der Waals surface area (Å²) in [5.41, 5.74) is 25.9. The largest absolute Gasteiger partial charge is 0.454 e. The molecule has 0 saturated carbocycles. The topological polar surface area (TPSA) is 24.0 Å². The normalized spacial score (nSPS) is 13.6. The van der Waals surface area contributed by atoms with Gasteiger partial charge in [0.1, 0.15) is 11.1 Å². The number of hydrogen-bond donors (Lipinski definition) is 0. The molecular formula is C81H77N3O. The smallest absolute Gasteiger partial charge is 0.161 e. The van der Waals surface area contributed by atoms with Gasteiger partial charge in [0.25, 0.3) is 0 Å². The highest BCUT2D eigenvalue weighted by Crippen LogP contribution is 2.58. The quantitative estimate of drug-likeness (QED) is 0.152. The molecule has 1 aliphatic carbocycles. The standard InChI is InChI=1S/C81H77N3O/c1-77(2,3)55-27-19-50(20-28-55)52-23-35-59(36-24-52)82(61-39-31-57(32-40-61)79(7,8)9)63-43-45-66-69(48-63)81(13,14)76-72(66)71-65-18-16-15-17-54(65)47-68-73(71)84(76)74-67-46-44-64(49-70(67)85-75(68)74)83(62-41-33-58(34-42-62)80(10,11)12)60-37-25-53(26-38-60)51-21-29-56(30-22-51)78(4,5)6/h15-49H,1-14H3. The van der Waals surface area contributed by atoms with E-state index >= 15 is 0 Å². The number of rotatable bonds is 8. The van der Waals surface area contributed by atoms with Crippen molar-refractivity contribution in [1.82, 2.24) is 4.40 Å². The Morgan fingerprint density at radius 2 is 0.753 bits per heavy atom. The van der Waals surface area contributed by atoms with Gasteiger partial charge >= 0.3 is 0 Å². The van der Waals surface area contributed by atoms with E-state index < -0.39 is 5.41 Å². The zero-order valence-corrected chi connectivity index (χ0v) is 52.0. The molecule has 0 aliphatic heterocycles. The van der Waals surface area contributed by atoms with Crippen LogP contribution in [-0.4, -0.2) is 4.40 Å². The van der Waals surface area contributed by atoms with Gasteiger partial charge in [-0.25, -0.2) is 0 Å². The minimum absolute atomic E-state index is 0.0257. The zero-order valence-electron chi connectivity index (χ0n) is 52.0. The van der Waals surface area contributed by atoms with Gasteiger partial charge in [0.2, 0.25) is 0 Å². The molecule has 0 spiro atoms. The highest BCUT2D eigenvalue weighted by atomic mass is 16.3. The van der Waals surface area contributed by atoms with E-state index in [1.807, 2.05) is 0 Å². The second-order valence-electron chi connectivity index (χ2n) is 28.8. The average Bonchev–Trinajstić information content (AvgIpc) is 1.58. The van der Waals surface area contributed by atoms with E-state index in [0.29, 0.717) is 0 Å². The van der Waals surface area contributed by atoms with Crippen molar-refractivity contribution in [2.45, 2.75) is 124 Å². The monoisotopic (exact) mass is 1110 g/mol. The van der Waals surface area contributed by atoms with Gasteiger partial charge in [0.15, 0.2) is 5.58 Å². The summed E-state index contributed by atoms with van der Waals surface area (Å²) < 4.78 is 9.91. The van der Waals surface area contributed by atoms with Crippen LogP contribution >= 0.6 is 0 Å². The molecule has 3 aromatic heterocycles. The van der Waals surface area contributed by atoms with E-state index in [0.717, 1.165) is 61.6 Å². The summed E-state index contributed by atoms with van der Waals surface area (Å²) in [6.45, 7) is 32.2. The van der Waals surface area contributed by atoms with Gasteiger partial charge in [-0.15, -0.1) is 0 Å². The van der Waals surface area contributed by atoms with Crippen molar-refractivity contribution in [2.75, 3.05) is 9.80 Å². The van der Waals surface area contributed by atoms with Crippen molar-refractivity contribution in [2.24, 2.45) is 0 Å². The lowest BCUT2D eigenvalue weighted by Crippen LogP contribution is -2.19. The fourth-order valence-corrected chi connectivity index (χ4v) is 13.6. The van der Waals surface area contributed by atoms with E-state index in [9.17, 15) is 0 Å². The first-order valence-electron chi connectivity index (χ1n) is 30.5. The molecule has 3 heterocycles. The first-order valence-corrected chi connectivity index (χ1v) is 30.5. The van der Waals surface area contributed by atoms with Crippen LogP contribution in [0.2, 0.25) is 0 Å². The Labute approximate surface area is 502 Å². The summed E-state index contributed by atoms with van der Waals surface area (Å²) in [6, 6.07) is 80.0. The Balaban J connectivity index is 0.908. The fraction of sp³-hybridized carbons (Fsp3) is 0.235. The molecule has 0 N–H and O–H groups in total. The molecule has 85 heavy (non-hydrogen) atoms. The summed E-state index contributed by atoms with van der Waals surface area (Å²) in [7, 11) is 0. The van der Waals surface area contributed by atoms with Gasteiger partial charge in [-0.1, -0.05) is 224 Å². The number of aromatic nitrogens is 1. The first-order chi connectivity index (χ1) is 40.4. The summed E-state index contributed by atoms with van der Waals surface area (Å²) in [6.07, 6.45) is 0. The third kappa shape index (κ3) is 8.93. The Morgan fingerprint density at radius 3 is 1.21 bits per heavy atom. The molecule has 10 aromatic carbocycles. The molecule has 422 valence electrons. The minimum Gasteiger partial charge on any atom is -0.454 e. The number of furan rings is 1. The van der Waals surface area contributed by atoms with E-state index in [2.05, 4.69) is 323 Å². The fourth-order valence-electron chi connectivity index (χ4n) is 13.6. The molecule has 0 radical (unpaired) electrons. The Kier molecular flexibility index (Phi) is 12.1. The van der Waals surface area contributed by atoms with Crippen molar-refractivity contribution < 1.29 is 4.42 Å². The Bertz CT molecular complexity index is 4700. The van der Waals surface area contributed by atoms with Crippen LogP contribution in [0.3, 0.4) is 0 Å². The number of benzene rings is 10. The Morgan fingerprint density at radius 1 is 0.365 bits per heavy atom. The van der Waals surface area contributed by atoms with Crippen LogP contribution in [0.5, 0.6) is 0 Å². The van der Waals surface area contributed by atoms with Gasteiger partial charge in [-0.05, 0) is 167 Å². The number of anilines is 6. The van der Waals surface area contributed by atoms with Gasteiger partial charge in [-0.3, -0.25) is 0 Å². The van der Waals surface area contributed by atoms with Crippen molar-refractivity contribution in [3.63, 3.8) is 0 Å². The second-order valence-corrected chi connectivity index (χ2v) is 28.8. The van der Waals surface area contributed by atoms with Crippen molar-refractivity contribution in [3.05, 3.63) is 246 Å². The first kappa shape index (κ1) is 54.1. The molecule has 0 unspecified atom stereocenters. The van der Waals surface area contributed by atoms with Crippen LogP contribution < -0.4 is 9.80 Å². The molecule has 4 heteroatoms. The maximum Gasteiger partial charge on any atom is 0.161 e. The molecule has 14 rings (SSSR count). The molecule has 0 fully saturated rings. The third-order valence-electron chi connectivity index (χ3n) is 18.5. The molecule has 0 amide bonds. The third-order valence-corrected chi connectivity index (χ3v) is 18.5. The maximum atomic E-state index is 7.31. The molecule has 4 nitrogen and oxygen atoms in total. The van der Waals surface area contributed by atoms with Gasteiger partial charge in [0, 0.05) is 73.0 Å². The van der Waals surface area contributed by atoms with E-state index in [4.69, 9.17) is 4.42 Å². The molecule has 0 atom stereocenters. The lowest BCUT2D eigenvalue weighted by atomic mass is 9.85. The van der Waals surface area contributed by atoms with Crippen LogP contribution in [0.25, 0.3) is 82.5 Å². The van der Waals surface area contributed by atoms with E-state index in [1.54, 1.807) is 0 Å². The summed E-state index contributed by atoms with van der Waals surface area (Å²) in [5, 5.41) is 6.00. The maximum absolute atomic E-state index is 7.31. The zero-order chi connectivity index (χ0) is 59.3. The SMILES string of the molecule is CC(C)(C)c1ccc(-c2ccc(N(c3ccc(C(C)(C)C)cc3)c3ccc4c(c3)C(C)(C)c3c-4c4c5ccccc5cc5c6oc7cc(N(c8ccc(-c9ccc(C(C)(C)C)cc9)cc8)c8ccc(C(C)(C)C)cc8)ccc7c6n3c54)cc2)cc1. The van der Waals surface area contributed by atoms with Crippen molar-refractivity contribution >= 4 is 83.3 Å². The van der Waals surface area contributed by atoms with Crippen LogP contribution in [0.4, 0.5) is 34.1 Å². The molecule has 13 aromatic rings. The number of hydrogen-bond acceptors (Lipinski definition) is 3. The van der Waals surface area contributed by atoms with Gasteiger partial charge in [0.05, 0.1) is 5.52 Å². The average molecular weight is 1110 g/mol. The lowest BCUT2D eigenvalue weighted by Gasteiger charge is -2.29. The van der Waals surface area contributed by atoms with Crippen LogP contribution in [0.15, 0.2) is 217 Å². The Hall–Kier alpha value is -8.86.